The van der Waals surface area contributed by atoms with E-state index in [2.05, 4.69) is 10.2 Å². The minimum atomic E-state index is 0.437. The summed E-state index contributed by atoms with van der Waals surface area (Å²) >= 11 is 0. The van der Waals surface area contributed by atoms with E-state index in [1.54, 1.807) is 0 Å². The summed E-state index contributed by atoms with van der Waals surface area (Å²) in [5.74, 6) is 0.907. The molecule has 2 aromatic heterocycles. The Morgan fingerprint density at radius 3 is 2.40 bits per heavy atom. The molecular weight excluding hydrogens is 250 g/mol. The van der Waals surface area contributed by atoms with E-state index >= 15 is 0 Å². The van der Waals surface area contributed by atoms with E-state index in [9.17, 15) is 0 Å². The number of hydrogen-bond acceptors (Lipinski definition) is 3. The SMILES string of the molecule is Cc1ccn(-c2c(CN)c(C)nn2-c2ccccc2)n1. The number of para-hydroxylation sites is 1. The first kappa shape index (κ1) is 12.6. The molecule has 0 aliphatic carbocycles. The number of benzene rings is 1. The summed E-state index contributed by atoms with van der Waals surface area (Å²) in [6.07, 6.45) is 1.93. The van der Waals surface area contributed by atoms with E-state index in [0.29, 0.717) is 6.54 Å². The molecule has 0 spiro atoms. The van der Waals surface area contributed by atoms with Crippen LogP contribution in [-0.2, 0) is 6.54 Å². The molecule has 3 aromatic rings. The fourth-order valence-corrected chi connectivity index (χ4v) is 2.30. The van der Waals surface area contributed by atoms with Gasteiger partial charge >= 0.3 is 0 Å². The molecule has 0 saturated carbocycles. The van der Waals surface area contributed by atoms with Gasteiger partial charge in [-0.3, -0.25) is 0 Å². The van der Waals surface area contributed by atoms with Crippen molar-refractivity contribution in [3.8, 4) is 11.5 Å². The maximum atomic E-state index is 5.89. The van der Waals surface area contributed by atoms with E-state index in [0.717, 1.165) is 28.5 Å². The van der Waals surface area contributed by atoms with E-state index in [1.807, 2.05) is 65.8 Å². The van der Waals surface area contributed by atoms with Crippen molar-refractivity contribution in [2.75, 3.05) is 0 Å². The highest BCUT2D eigenvalue weighted by molar-refractivity contribution is 5.45. The van der Waals surface area contributed by atoms with Crippen LogP contribution >= 0.6 is 0 Å². The zero-order chi connectivity index (χ0) is 14.1. The predicted octanol–water partition coefficient (Wildman–Crippen LogP) is 2.13. The fourth-order valence-electron chi connectivity index (χ4n) is 2.30. The van der Waals surface area contributed by atoms with Gasteiger partial charge < -0.3 is 5.73 Å². The van der Waals surface area contributed by atoms with Crippen LogP contribution in [0.5, 0.6) is 0 Å². The topological polar surface area (TPSA) is 61.7 Å². The second-order valence-corrected chi connectivity index (χ2v) is 4.74. The van der Waals surface area contributed by atoms with E-state index < -0.39 is 0 Å². The maximum absolute atomic E-state index is 5.89. The molecule has 5 heteroatoms. The van der Waals surface area contributed by atoms with Crippen LogP contribution in [-0.4, -0.2) is 19.6 Å². The zero-order valence-corrected chi connectivity index (χ0v) is 11.6. The molecule has 1 aromatic carbocycles. The summed E-state index contributed by atoms with van der Waals surface area (Å²) in [7, 11) is 0. The summed E-state index contributed by atoms with van der Waals surface area (Å²) < 4.78 is 3.73. The molecular formula is C15H17N5. The lowest BCUT2D eigenvalue weighted by atomic mass is 10.2. The smallest absolute Gasteiger partial charge is 0.161 e. The molecule has 0 unspecified atom stereocenters. The first-order chi connectivity index (χ1) is 9.70. The van der Waals surface area contributed by atoms with Crippen LogP contribution in [0.2, 0.25) is 0 Å². The lowest BCUT2D eigenvalue weighted by Crippen LogP contribution is -2.09. The molecule has 0 atom stereocenters. The van der Waals surface area contributed by atoms with Crippen molar-refractivity contribution in [1.29, 1.82) is 0 Å². The summed E-state index contributed by atoms with van der Waals surface area (Å²) in [4.78, 5) is 0. The van der Waals surface area contributed by atoms with Gasteiger partial charge in [0.15, 0.2) is 5.82 Å². The minimum Gasteiger partial charge on any atom is -0.326 e. The van der Waals surface area contributed by atoms with Gasteiger partial charge in [-0.1, -0.05) is 18.2 Å². The highest BCUT2D eigenvalue weighted by atomic mass is 15.4. The van der Waals surface area contributed by atoms with E-state index in [4.69, 9.17) is 5.73 Å². The summed E-state index contributed by atoms with van der Waals surface area (Å²) in [5, 5.41) is 9.10. The zero-order valence-electron chi connectivity index (χ0n) is 11.6. The second kappa shape index (κ2) is 4.94. The van der Waals surface area contributed by atoms with Gasteiger partial charge in [0.25, 0.3) is 0 Å². The van der Waals surface area contributed by atoms with Gasteiger partial charge in [0.1, 0.15) is 0 Å². The Morgan fingerprint density at radius 2 is 1.80 bits per heavy atom. The van der Waals surface area contributed by atoms with Crippen molar-refractivity contribution in [3.63, 3.8) is 0 Å². The first-order valence-electron chi connectivity index (χ1n) is 6.57. The molecule has 20 heavy (non-hydrogen) atoms. The van der Waals surface area contributed by atoms with Crippen LogP contribution in [0.3, 0.4) is 0 Å². The second-order valence-electron chi connectivity index (χ2n) is 4.74. The Morgan fingerprint density at radius 1 is 1.05 bits per heavy atom. The molecule has 0 fully saturated rings. The third kappa shape index (κ3) is 2.02. The molecule has 0 bridgehead atoms. The summed E-state index contributed by atoms with van der Waals surface area (Å²) in [6.45, 7) is 4.38. The van der Waals surface area contributed by atoms with Gasteiger partial charge in [0.2, 0.25) is 0 Å². The van der Waals surface area contributed by atoms with Crippen LogP contribution in [0.1, 0.15) is 17.0 Å². The average Bonchev–Trinajstić information content (AvgIpc) is 3.03. The maximum Gasteiger partial charge on any atom is 0.161 e. The summed E-state index contributed by atoms with van der Waals surface area (Å²) in [5.41, 5.74) is 9.80. The van der Waals surface area contributed by atoms with E-state index in [-0.39, 0.29) is 0 Å². The van der Waals surface area contributed by atoms with Gasteiger partial charge in [-0.2, -0.15) is 10.2 Å². The van der Waals surface area contributed by atoms with Crippen LogP contribution in [0.4, 0.5) is 0 Å². The molecule has 0 radical (unpaired) electrons. The van der Waals surface area contributed by atoms with E-state index in [1.165, 1.54) is 0 Å². The Balaban J connectivity index is 2.25. The molecule has 0 aliphatic rings. The molecule has 5 nitrogen and oxygen atoms in total. The average molecular weight is 267 g/mol. The largest absolute Gasteiger partial charge is 0.326 e. The minimum absolute atomic E-state index is 0.437. The highest BCUT2D eigenvalue weighted by Crippen LogP contribution is 2.21. The van der Waals surface area contributed by atoms with Crippen molar-refractivity contribution in [2.45, 2.75) is 20.4 Å². The first-order valence-corrected chi connectivity index (χ1v) is 6.57. The van der Waals surface area contributed by atoms with Crippen LogP contribution in [0.15, 0.2) is 42.6 Å². The third-order valence-corrected chi connectivity index (χ3v) is 3.30. The van der Waals surface area contributed by atoms with Crippen LogP contribution in [0, 0.1) is 13.8 Å². The number of nitrogens with two attached hydrogens (primary N) is 1. The normalized spacial score (nSPS) is 10.9. The third-order valence-electron chi connectivity index (χ3n) is 3.30. The Bertz CT molecular complexity index is 724. The van der Waals surface area contributed by atoms with Gasteiger partial charge in [0.05, 0.1) is 17.1 Å². The van der Waals surface area contributed by atoms with Crippen molar-refractivity contribution < 1.29 is 0 Å². The summed E-state index contributed by atoms with van der Waals surface area (Å²) in [6, 6.07) is 12.0. The van der Waals surface area contributed by atoms with Gasteiger partial charge in [-0.05, 0) is 32.0 Å². The monoisotopic (exact) mass is 267 g/mol. The van der Waals surface area contributed by atoms with Gasteiger partial charge in [-0.25, -0.2) is 9.36 Å². The lowest BCUT2D eigenvalue weighted by molar-refractivity contribution is 0.750. The quantitative estimate of drug-likeness (QED) is 0.790. The van der Waals surface area contributed by atoms with Crippen molar-refractivity contribution >= 4 is 0 Å². The molecule has 2 N–H and O–H groups in total. The van der Waals surface area contributed by atoms with Crippen LogP contribution in [0.25, 0.3) is 11.5 Å². The number of nitrogens with zero attached hydrogens (tertiary/aromatic N) is 4. The molecule has 0 aliphatic heterocycles. The highest BCUT2D eigenvalue weighted by Gasteiger charge is 2.17. The molecule has 3 rings (SSSR count). The Labute approximate surface area is 117 Å². The van der Waals surface area contributed by atoms with Crippen LogP contribution < -0.4 is 5.73 Å². The van der Waals surface area contributed by atoms with Gasteiger partial charge in [0, 0.05) is 18.3 Å². The Kier molecular flexibility index (Phi) is 3.12. The predicted molar refractivity (Wildman–Crippen MR) is 78.1 cm³/mol. The fraction of sp³-hybridized carbons (Fsp3) is 0.200. The molecule has 2 heterocycles. The van der Waals surface area contributed by atoms with Crippen molar-refractivity contribution in [3.05, 3.63) is 59.5 Å². The number of aryl methyl sites for hydroxylation is 2. The van der Waals surface area contributed by atoms with Crippen molar-refractivity contribution in [2.24, 2.45) is 5.73 Å². The molecule has 0 amide bonds. The standard InChI is InChI=1S/C15H17N5/c1-11-8-9-19(17-11)15-14(10-16)12(2)18-20(15)13-6-4-3-5-7-13/h3-9H,10,16H2,1-2H3. The molecule has 102 valence electrons. The number of rotatable bonds is 3. The van der Waals surface area contributed by atoms with Gasteiger partial charge in [-0.15, -0.1) is 0 Å². The van der Waals surface area contributed by atoms with Crippen molar-refractivity contribution in [1.82, 2.24) is 19.6 Å². The lowest BCUT2D eigenvalue weighted by Gasteiger charge is -2.09. The number of hydrogen-bond donors (Lipinski definition) is 1. The number of aromatic nitrogens is 4. The Hall–Kier alpha value is -2.40. The molecule has 0 saturated heterocycles.